The second-order valence-corrected chi connectivity index (χ2v) is 5.17. The number of hydrogen-bond donors (Lipinski definition) is 0. The first-order chi connectivity index (χ1) is 9.96. The van der Waals surface area contributed by atoms with Crippen LogP contribution in [0.3, 0.4) is 0 Å². The van der Waals surface area contributed by atoms with Crippen LogP contribution in [0.4, 0.5) is 8.78 Å². The van der Waals surface area contributed by atoms with E-state index in [1.807, 2.05) is 25.1 Å². The van der Waals surface area contributed by atoms with E-state index in [-0.39, 0.29) is 31.8 Å². The lowest BCUT2D eigenvalue weighted by Crippen LogP contribution is -2.42. The number of allylic oxidation sites excluding steroid dienone is 3. The van der Waals surface area contributed by atoms with Crippen molar-refractivity contribution in [1.82, 2.24) is 4.90 Å². The molecule has 4 heteroatoms. The number of hydrogen-bond acceptors (Lipinski definition) is 1. The van der Waals surface area contributed by atoms with Crippen molar-refractivity contribution in [2.45, 2.75) is 25.7 Å². The lowest BCUT2D eigenvalue weighted by molar-refractivity contribution is -0.0494. The molecule has 0 radical (unpaired) electrons. The minimum atomic E-state index is -2.63. The zero-order valence-electron chi connectivity index (χ0n) is 12.1. The molecule has 1 heterocycles. The van der Waals surface area contributed by atoms with Crippen molar-refractivity contribution < 1.29 is 13.6 Å². The molecule has 0 saturated carbocycles. The summed E-state index contributed by atoms with van der Waals surface area (Å²) in [4.78, 5) is 13.8. The third kappa shape index (κ3) is 3.57. The number of amides is 1. The SMILES string of the molecule is C=C/C(=C\C)c1ccc(C(=O)N2CCC(F)(F)CC2)cc1. The number of halogens is 2. The highest BCUT2D eigenvalue weighted by atomic mass is 19.3. The number of carbonyl (C=O) groups excluding carboxylic acids is 1. The molecule has 0 spiro atoms. The van der Waals surface area contributed by atoms with Crippen LogP contribution >= 0.6 is 0 Å². The third-order valence-corrected chi connectivity index (χ3v) is 3.78. The number of rotatable bonds is 3. The first kappa shape index (κ1) is 15.4. The van der Waals surface area contributed by atoms with E-state index >= 15 is 0 Å². The highest BCUT2D eigenvalue weighted by Gasteiger charge is 2.35. The fraction of sp³-hybridized carbons (Fsp3) is 0.353. The molecular formula is C17H19F2NO. The molecular weight excluding hydrogens is 272 g/mol. The minimum absolute atomic E-state index is 0.111. The standard InChI is InChI=1S/C17H19F2NO/c1-3-13(4-2)14-5-7-15(8-6-14)16(21)20-11-9-17(18,19)10-12-20/h3-8H,1,9-12H2,2H3/b13-4+. The van der Waals surface area contributed by atoms with E-state index < -0.39 is 5.92 Å². The predicted molar refractivity (Wildman–Crippen MR) is 80.4 cm³/mol. The fourth-order valence-corrected chi connectivity index (χ4v) is 2.43. The molecule has 1 amide bonds. The highest BCUT2D eigenvalue weighted by molar-refractivity contribution is 5.94. The first-order valence-electron chi connectivity index (χ1n) is 7.03. The van der Waals surface area contributed by atoms with Crippen LogP contribution in [0.25, 0.3) is 5.57 Å². The molecule has 2 rings (SSSR count). The van der Waals surface area contributed by atoms with Gasteiger partial charge in [-0.15, -0.1) is 0 Å². The summed E-state index contributed by atoms with van der Waals surface area (Å²) in [7, 11) is 0. The molecule has 112 valence electrons. The van der Waals surface area contributed by atoms with Gasteiger partial charge in [-0.1, -0.05) is 30.9 Å². The lowest BCUT2D eigenvalue weighted by atomic mass is 10.0. The Kier molecular flexibility index (Phi) is 4.56. The number of nitrogens with zero attached hydrogens (tertiary/aromatic N) is 1. The average Bonchev–Trinajstić information content (AvgIpc) is 2.48. The lowest BCUT2D eigenvalue weighted by Gasteiger charge is -2.31. The molecule has 21 heavy (non-hydrogen) atoms. The summed E-state index contributed by atoms with van der Waals surface area (Å²) in [6.45, 7) is 5.88. The van der Waals surface area contributed by atoms with Gasteiger partial charge in [0.2, 0.25) is 0 Å². The molecule has 0 N–H and O–H groups in total. The summed E-state index contributed by atoms with van der Waals surface area (Å²) >= 11 is 0. The van der Waals surface area contributed by atoms with E-state index in [1.54, 1.807) is 18.2 Å². The Morgan fingerprint density at radius 1 is 1.19 bits per heavy atom. The maximum absolute atomic E-state index is 13.1. The van der Waals surface area contributed by atoms with E-state index in [4.69, 9.17) is 0 Å². The zero-order chi connectivity index (χ0) is 15.5. The molecule has 1 saturated heterocycles. The van der Waals surface area contributed by atoms with Gasteiger partial charge in [0.05, 0.1) is 0 Å². The van der Waals surface area contributed by atoms with Crippen LogP contribution in [0.1, 0.15) is 35.7 Å². The molecule has 0 aliphatic carbocycles. The largest absolute Gasteiger partial charge is 0.338 e. The van der Waals surface area contributed by atoms with Crippen LogP contribution < -0.4 is 0 Å². The Morgan fingerprint density at radius 2 is 1.71 bits per heavy atom. The summed E-state index contributed by atoms with van der Waals surface area (Å²) in [6.07, 6.45) is 3.19. The number of piperidine rings is 1. The Morgan fingerprint density at radius 3 is 2.19 bits per heavy atom. The molecule has 0 unspecified atom stereocenters. The van der Waals surface area contributed by atoms with Crippen LogP contribution in [0.5, 0.6) is 0 Å². The highest BCUT2D eigenvalue weighted by Crippen LogP contribution is 2.28. The molecule has 0 bridgehead atoms. The van der Waals surface area contributed by atoms with Crippen molar-refractivity contribution in [3.63, 3.8) is 0 Å². The molecule has 1 aromatic carbocycles. The van der Waals surface area contributed by atoms with Gasteiger partial charge in [-0.3, -0.25) is 4.79 Å². The summed E-state index contributed by atoms with van der Waals surface area (Å²) < 4.78 is 26.2. The molecule has 0 aromatic heterocycles. The fourth-order valence-electron chi connectivity index (χ4n) is 2.43. The topological polar surface area (TPSA) is 20.3 Å². The van der Waals surface area contributed by atoms with Crippen LogP contribution in [-0.4, -0.2) is 29.8 Å². The first-order valence-corrected chi connectivity index (χ1v) is 7.03. The van der Waals surface area contributed by atoms with Gasteiger partial charge in [0.1, 0.15) is 0 Å². The third-order valence-electron chi connectivity index (χ3n) is 3.78. The maximum Gasteiger partial charge on any atom is 0.253 e. The van der Waals surface area contributed by atoms with Crippen LogP contribution in [0.2, 0.25) is 0 Å². The van der Waals surface area contributed by atoms with E-state index in [2.05, 4.69) is 6.58 Å². The number of alkyl halides is 2. The maximum atomic E-state index is 13.1. The van der Waals surface area contributed by atoms with Gasteiger partial charge < -0.3 is 4.90 Å². The Balaban J connectivity index is 2.09. The average molecular weight is 291 g/mol. The van der Waals surface area contributed by atoms with E-state index in [1.165, 1.54) is 4.90 Å². The van der Waals surface area contributed by atoms with Crippen LogP contribution in [-0.2, 0) is 0 Å². The van der Waals surface area contributed by atoms with Crippen LogP contribution in [0, 0.1) is 0 Å². The smallest absolute Gasteiger partial charge is 0.253 e. The van der Waals surface area contributed by atoms with Gasteiger partial charge in [-0.2, -0.15) is 0 Å². The Bertz CT molecular complexity index is 551. The Labute approximate surface area is 123 Å². The Hall–Kier alpha value is -1.97. The van der Waals surface area contributed by atoms with E-state index in [9.17, 15) is 13.6 Å². The zero-order valence-corrected chi connectivity index (χ0v) is 12.1. The monoisotopic (exact) mass is 291 g/mol. The molecule has 1 aliphatic heterocycles. The summed E-state index contributed by atoms with van der Waals surface area (Å²) in [5.74, 6) is -2.82. The van der Waals surface area contributed by atoms with Gasteiger partial charge >= 0.3 is 0 Å². The van der Waals surface area contributed by atoms with Gasteiger partial charge in [-0.05, 0) is 30.2 Å². The quantitative estimate of drug-likeness (QED) is 0.766. The molecule has 1 fully saturated rings. The van der Waals surface area contributed by atoms with Gasteiger partial charge in [-0.25, -0.2) is 8.78 Å². The normalized spacial score (nSPS) is 18.4. The van der Waals surface area contributed by atoms with Gasteiger partial charge in [0.25, 0.3) is 11.8 Å². The predicted octanol–water partition coefficient (Wildman–Crippen LogP) is 4.15. The van der Waals surface area contributed by atoms with Gasteiger partial charge in [0, 0.05) is 31.5 Å². The molecule has 1 aliphatic rings. The van der Waals surface area contributed by atoms with Crippen molar-refractivity contribution in [1.29, 1.82) is 0 Å². The number of benzene rings is 1. The molecule has 2 nitrogen and oxygen atoms in total. The van der Waals surface area contributed by atoms with Crippen molar-refractivity contribution >= 4 is 11.5 Å². The van der Waals surface area contributed by atoms with Gasteiger partial charge in [0.15, 0.2) is 0 Å². The van der Waals surface area contributed by atoms with Crippen molar-refractivity contribution in [3.05, 3.63) is 54.1 Å². The minimum Gasteiger partial charge on any atom is -0.338 e. The summed E-state index contributed by atoms with van der Waals surface area (Å²) in [6, 6.07) is 7.17. The van der Waals surface area contributed by atoms with E-state index in [0.717, 1.165) is 11.1 Å². The van der Waals surface area contributed by atoms with E-state index in [0.29, 0.717) is 5.56 Å². The second kappa shape index (κ2) is 6.20. The summed E-state index contributed by atoms with van der Waals surface area (Å²) in [5, 5.41) is 0. The molecule has 1 aromatic rings. The van der Waals surface area contributed by atoms with Crippen molar-refractivity contribution in [2.24, 2.45) is 0 Å². The van der Waals surface area contributed by atoms with Crippen LogP contribution in [0.15, 0.2) is 43.0 Å². The second-order valence-electron chi connectivity index (χ2n) is 5.17. The number of likely N-dealkylation sites (tertiary alicyclic amines) is 1. The molecule has 0 atom stereocenters. The summed E-state index contributed by atoms with van der Waals surface area (Å²) in [5.41, 5.74) is 2.50. The van der Waals surface area contributed by atoms with Crippen molar-refractivity contribution in [3.8, 4) is 0 Å². The van der Waals surface area contributed by atoms with Crippen molar-refractivity contribution in [2.75, 3.05) is 13.1 Å². The number of carbonyl (C=O) groups is 1.